The summed E-state index contributed by atoms with van der Waals surface area (Å²) in [7, 11) is 0. The first-order valence-electron chi connectivity index (χ1n) is 7.61. The van der Waals surface area contributed by atoms with Crippen molar-refractivity contribution in [1.29, 1.82) is 0 Å². The van der Waals surface area contributed by atoms with E-state index in [-0.39, 0.29) is 5.97 Å². The topological polar surface area (TPSA) is 26.3 Å². The Morgan fingerprint density at radius 3 is 2.17 bits per heavy atom. The lowest BCUT2D eigenvalue weighted by Gasteiger charge is -1.99. The normalized spacial score (nSPS) is 11.0. The largest absolute Gasteiger partial charge is 0.466 e. The van der Waals surface area contributed by atoms with E-state index in [0.717, 1.165) is 12.8 Å². The van der Waals surface area contributed by atoms with Crippen LogP contribution in [0.3, 0.4) is 0 Å². The van der Waals surface area contributed by atoms with E-state index < -0.39 is 0 Å². The molecular formula is C16H30O2. The minimum absolute atomic E-state index is 0.0851. The fourth-order valence-electron chi connectivity index (χ4n) is 1.89. The van der Waals surface area contributed by atoms with E-state index in [1.54, 1.807) is 0 Å². The molecule has 2 heteroatoms. The maximum Gasteiger partial charge on any atom is 0.306 e. The van der Waals surface area contributed by atoms with Gasteiger partial charge in [0.2, 0.25) is 0 Å². The molecule has 2 nitrogen and oxygen atoms in total. The maximum absolute atomic E-state index is 11.0. The van der Waals surface area contributed by atoms with E-state index in [1.165, 1.54) is 44.9 Å². The Labute approximate surface area is 113 Å². The minimum Gasteiger partial charge on any atom is -0.466 e. The third-order valence-corrected chi connectivity index (χ3v) is 2.96. The lowest BCUT2D eigenvalue weighted by Crippen LogP contribution is -2.02. The zero-order chi connectivity index (χ0) is 13.5. The third kappa shape index (κ3) is 13.3. The van der Waals surface area contributed by atoms with Crippen LogP contribution in [0.4, 0.5) is 0 Å². The van der Waals surface area contributed by atoms with Gasteiger partial charge >= 0.3 is 5.97 Å². The second-order valence-corrected chi connectivity index (χ2v) is 4.73. The maximum atomic E-state index is 11.0. The molecule has 0 aliphatic heterocycles. The molecule has 0 N–H and O–H groups in total. The van der Waals surface area contributed by atoms with E-state index in [0.29, 0.717) is 13.0 Å². The summed E-state index contributed by atoms with van der Waals surface area (Å²) in [5.41, 5.74) is 0. The summed E-state index contributed by atoms with van der Waals surface area (Å²) in [5, 5.41) is 0. The summed E-state index contributed by atoms with van der Waals surface area (Å²) in [4.78, 5) is 11.0. The second-order valence-electron chi connectivity index (χ2n) is 4.73. The molecule has 106 valence electrons. The summed E-state index contributed by atoms with van der Waals surface area (Å²) in [5.74, 6) is -0.0851. The zero-order valence-electron chi connectivity index (χ0n) is 12.2. The molecule has 0 aromatic carbocycles. The van der Waals surface area contributed by atoms with Crippen LogP contribution in [0.5, 0.6) is 0 Å². The van der Waals surface area contributed by atoms with Crippen LogP contribution in [0.15, 0.2) is 12.2 Å². The number of unbranched alkanes of at least 4 members (excludes halogenated alkanes) is 7. The predicted octanol–water partition coefficient (Wildman–Crippen LogP) is 5.03. The Morgan fingerprint density at radius 1 is 0.889 bits per heavy atom. The zero-order valence-corrected chi connectivity index (χ0v) is 12.2. The van der Waals surface area contributed by atoms with E-state index in [2.05, 4.69) is 19.1 Å². The number of rotatable bonds is 12. The van der Waals surface area contributed by atoms with Gasteiger partial charge in [-0.3, -0.25) is 4.79 Å². The van der Waals surface area contributed by atoms with Crippen molar-refractivity contribution in [3.8, 4) is 0 Å². The summed E-state index contributed by atoms with van der Waals surface area (Å²) in [6.07, 6.45) is 16.3. The molecule has 0 saturated heterocycles. The molecule has 0 spiro atoms. The van der Waals surface area contributed by atoms with Gasteiger partial charge in [0.05, 0.1) is 6.61 Å². The van der Waals surface area contributed by atoms with Gasteiger partial charge in [-0.1, -0.05) is 57.6 Å². The molecule has 0 unspecified atom stereocenters. The van der Waals surface area contributed by atoms with Crippen molar-refractivity contribution in [2.75, 3.05) is 6.61 Å². The van der Waals surface area contributed by atoms with Crippen LogP contribution in [0, 0.1) is 0 Å². The van der Waals surface area contributed by atoms with Crippen LogP contribution < -0.4 is 0 Å². The molecule has 0 aromatic rings. The first-order chi connectivity index (χ1) is 8.81. The highest BCUT2D eigenvalue weighted by Crippen LogP contribution is 2.08. The van der Waals surface area contributed by atoms with Crippen molar-refractivity contribution in [3.05, 3.63) is 12.2 Å². The summed E-state index contributed by atoms with van der Waals surface area (Å²) < 4.78 is 4.86. The number of allylic oxidation sites excluding steroid dienone is 2. The molecule has 0 heterocycles. The molecule has 18 heavy (non-hydrogen) atoms. The highest BCUT2D eigenvalue weighted by atomic mass is 16.5. The quantitative estimate of drug-likeness (QED) is 0.277. The molecular weight excluding hydrogens is 224 g/mol. The molecule has 0 aliphatic carbocycles. The predicted molar refractivity (Wildman–Crippen MR) is 77.6 cm³/mol. The first kappa shape index (κ1) is 17.2. The third-order valence-electron chi connectivity index (χ3n) is 2.96. The van der Waals surface area contributed by atoms with Crippen LogP contribution in [-0.4, -0.2) is 12.6 Å². The van der Waals surface area contributed by atoms with Crippen LogP contribution in [-0.2, 0) is 9.53 Å². The Morgan fingerprint density at radius 2 is 1.50 bits per heavy atom. The molecule has 0 atom stereocenters. The van der Waals surface area contributed by atoms with Crippen molar-refractivity contribution < 1.29 is 9.53 Å². The molecule has 0 radical (unpaired) electrons. The van der Waals surface area contributed by atoms with E-state index >= 15 is 0 Å². The first-order valence-corrected chi connectivity index (χ1v) is 7.61. The molecule has 0 bridgehead atoms. The van der Waals surface area contributed by atoms with E-state index in [4.69, 9.17) is 4.74 Å². The van der Waals surface area contributed by atoms with Gasteiger partial charge in [-0.25, -0.2) is 0 Å². The van der Waals surface area contributed by atoms with Crippen molar-refractivity contribution in [1.82, 2.24) is 0 Å². The highest BCUT2D eigenvalue weighted by Gasteiger charge is 1.97. The molecule has 0 amide bonds. The Bertz CT molecular complexity index is 209. The smallest absolute Gasteiger partial charge is 0.306 e. The molecule has 0 rings (SSSR count). The highest BCUT2D eigenvalue weighted by molar-refractivity contribution is 5.69. The van der Waals surface area contributed by atoms with Gasteiger partial charge in [0, 0.05) is 6.42 Å². The van der Waals surface area contributed by atoms with Crippen LogP contribution >= 0.6 is 0 Å². The number of carbonyl (C=O) groups excluding carboxylic acids is 1. The van der Waals surface area contributed by atoms with Gasteiger partial charge in [-0.05, 0) is 26.2 Å². The van der Waals surface area contributed by atoms with Crippen molar-refractivity contribution in [2.45, 2.75) is 78.1 Å². The second kappa shape index (κ2) is 14.3. The Kier molecular flexibility index (Phi) is 13.6. The lowest BCUT2D eigenvalue weighted by molar-refractivity contribution is -0.142. The fraction of sp³-hybridized carbons (Fsp3) is 0.812. The Hall–Kier alpha value is -0.790. The number of carbonyl (C=O) groups is 1. The van der Waals surface area contributed by atoms with Crippen LogP contribution in [0.25, 0.3) is 0 Å². The van der Waals surface area contributed by atoms with Gasteiger partial charge in [0.1, 0.15) is 0 Å². The van der Waals surface area contributed by atoms with Crippen molar-refractivity contribution >= 4 is 5.97 Å². The van der Waals surface area contributed by atoms with Crippen molar-refractivity contribution in [2.24, 2.45) is 0 Å². The molecule has 0 aliphatic rings. The van der Waals surface area contributed by atoms with Gasteiger partial charge in [0.25, 0.3) is 0 Å². The summed E-state index contributed by atoms with van der Waals surface area (Å²) >= 11 is 0. The van der Waals surface area contributed by atoms with Crippen LogP contribution in [0.1, 0.15) is 78.1 Å². The van der Waals surface area contributed by atoms with Gasteiger partial charge in [0.15, 0.2) is 0 Å². The van der Waals surface area contributed by atoms with Crippen molar-refractivity contribution in [3.63, 3.8) is 0 Å². The monoisotopic (exact) mass is 254 g/mol. The number of hydrogen-bond donors (Lipinski definition) is 0. The fourth-order valence-corrected chi connectivity index (χ4v) is 1.89. The average Bonchev–Trinajstić information content (AvgIpc) is 2.36. The average molecular weight is 254 g/mol. The minimum atomic E-state index is -0.0851. The van der Waals surface area contributed by atoms with Crippen LogP contribution in [0.2, 0.25) is 0 Å². The summed E-state index contributed by atoms with van der Waals surface area (Å²) in [6, 6.07) is 0. The number of hydrogen-bond acceptors (Lipinski definition) is 2. The molecule has 0 aromatic heterocycles. The standard InChI is InChI=1S/C16H30O2/c1-3-5-6-7-8-9-10-11-12-13-14-15-16(17)18-4-2/h12-13H,3-11,14-15H2,1-2H3/b13-12+. The van der Waals surface area contributed by atoms with Gasteiger partial charge in [-0.2, -0.15) is 0 Å². The lowest BCUT2D eigenvalue weighted by atomic mass is 10.1. The molecule has 0 fully saturated rings. The number of esters is 1. The van der Waals surface area contributed by atoms with E-state index in [9.17, 15) is 4.79 Å². The SMILES string of the molecule is CCCCCCCCC/C=C/CCC(=O)OCC. The number of ether oxygens (including phenoxy) is 1. The molecule has 0 saturated carbocycles. The van der Waals surface area contributed by atoms with E-state index in [1.807, 2.05) is 6.92 Å². The van der Waals surface area contributed by atoms with Gasteiger partial charge < -0.3 is 4.74 Å². The van der Waals surface area contributed by atoms with Gasteiger partial charge in [-0.15, -0.1) is 0 Å². The summed E-state index contributed by atoms with van der Waals surface area (Å²) in [6.45, 7) is 4.58. The Balaban J connectivity index is 3.16.